The molecule has 6 heteroatoms. The lowest BCUT2D eigenvalue weighted by Crippen LogP contribution is -2.30. The topological polar surface area (TPSA) is 55.1 Å². The lowest BCUT2D eigenvalue weighted by atomic mass is 10.1. The fraction of sp³-hybridized carbons (Fsp3) is 0.300. The average Bonchev–Trinajstić information content (AvgIpc) is 2.75. The zero-order chi connectivity index (χ0) is 11.0. The summed E-state index contributed by atoms with van der Waals surface area (Å²) >= 11 is 5.83. The van der Waals surface area contributed by atoms with E-state index in [0.29, 0.717) is 5.15 Å². The van der Waals surface area contributed by atoms with Crippen molar-refractivity contribution in [2.24, 2.45) is 0 Å². The van der Waals surface area contributed by atoms with Crippen LogP contribution in [0, 0.1) is 0 Å². The predicted octanol–water partition coefficient (Wildman–Crippen LogP) is 1.68. The second kappa shape index (κ2) is 3.75. The minimum Gasteiger partial charge on any atom is -0.364 e. The zero-order valence-electron chi connectivity index (χ0n) is 8.43. The van der Waals surface area contributed by atoms with Crippen molar-refractivity contribution in [1.29, 1.82) is 0 Å². The molecule has 1 aliphatic heterocycles. The molecule has 0 bridgehead atoms. The number of aromatic nitrogens is 3. The molecule has 0 spiro atoms. The first-order valence-electron chi connectivity index (χ1n) is 4.97. The Morgan fingerprint density at radius 3 is 3.19 bits per heavy atom. The molecule has 0 saturated heterocycles. The summed E-state index contributed by atoms with van der Waals surface area (Å²) in [7, 11) is 0. The van der Waals surface area contributed by atoms with Crippen molar-refractivity contribution in [2.45, 2.75) is 13.0 Å². The number of hydrogen-bond acceptors (Lipinski definition) is 5. The Bertz CT molecular complexity index is 513. The molecule has 16 heavy (non-hydrogen) atoms. The van der Waals surface area contributed by atoms with Crippen molar-refractivity contribution in [3.63, 3.8) is 0 Å². The third-order valence-electron chi connectivity index (χ3n) is 2.65. The molecule has 2 aromatic heterocycles. The number of fused-ring (bicyclic) bond motifs is 1. The van der Waals surface area contributed by atoms with E-state index in [2.05, 4.69) is 20.0 Å². The first-order valence-corrected chi connectivity index (χ1v) is 5.35. The standard InChI is InChI=1S/C10H9ClN4O/c11-9-3-10(13-6-12-9)15-2-1-8-7(4-15)5-16-14-8/h3,5-6H,1-2,4H2. The van der Waals surface area contributed by atoms with Gasteiger partial charge in [-0.1, -0.05) is 16.8 Å². The minimum atomic E-state index is 0.459. The van der Waals surface area contributed by atoms with Gasteiger partial charge in [0.25, 0.3) is 0 Å². The number of halogens is 1. The second-order valence-corrected chi connectivity index (χ2v) is 4.04. The number of rotatable bonds is 1. The summed E-state index contributed by atoms with van der Waals surface area (Å²) in [4.78, 5) is 10.2. The van der Waals surface area contributed by atoms with E-state index in [4.69, 9.17) is 16.1 Å². The van der Waals surface area contributed by atoms with E-state index >= 15 is 0 Å². The van der Waals surface area contributed by atoms with Crippen molar-refractivity contribution in [3.05, 3.63) is 35.1 Å². The number of hydrogen-bond donors (Lipinski definition) is 0. The Kier molecular flexibility index (Phi) is 2.25. The highest BCUT2D eigenvalue weighted by atomic mass is 35.5. The lowest BCUT2D eigenvalue weighted by Gasteiger charge is -2.26. The van der Waals surface area contributed by atoms with Gasteiger partial charge >= 0.3 is 0 Å². The van der Waals surface area contributed by atoms with Gasteiger partial charge in [0.15, 0.2) is 0 Å². The van der Waals surface area contributed by atoms with E-state index in [1.54, 1.807) is 12.3 Å². The molecule has 0 aliphatic carbocycles. The Labute approximate surface area is 97.0 Å². The van der Waals surface area contributed by atoms with Crippen LogP contribution in [0.1, 0.15) is 11.3 Å². The van der Waals surface area contributed by atoms with E-state index in [9.17, 15) is 0 Å². The van der Waals surface area contributed by atoms with Crippen LogP contribution < -0.4 is 4.90 Å². The summed E-state index contributed by atoms with van der Waals surface area (Å²) < 4.78 is 4.94. The molecule has 1 aliphatic rings. The van der Waals surface area contributed by atoms with E-state index in [0.717, 1.165) is 36.6 Å². The summed E-state index contributed by atoms with van der Waals surface area (Å²) in [5, 5.41) is 4.40. The molecule has 0 aromatic carbocycles. The highest BCUT2D eigenvalue weighted by molar-refractivity contribution is 6.29. The quantitative estimate of drug-likeness (QED) is 0.705. The fourth-order valence-corrected chi connectivity index (χ4v) is 1.97. The molecule has 0 unspecified atom stereocenters. The minimum absolute atomic E-state index is 0.459. The molecule has 3 rings (SSSR count). The molecule has 0 radical (unpaired) electrons. The molecule has 5 nitrogen and oxygen atoms in total. The van der Waals surface area contributed by atoms with Gasteiger partial charge in [0.1, 0.15) is 23.6 Å². The van der Waals surface area contributed by atoms with Gasteiger partial charge in [0.2, 0.25) is 0 Å². The highest BCUT2D eigenvalue weighted by Crippen LogP contribution is 2.22. The third kappa shape index (κ3) is 1.63. The predicted molar refractivity (Wildman–Crippen MR) is 58.3 cm³/mol. The molecule has 3 heterocycles. The van der Waals surface area contributed by atoms with Gasteiger partial charge in [-0.2, -0.15) is 0 Å². The maximum Gasteiger partial charge on any atom is 0.134 e. The van der Waals surface area contributed by atoms with Crippen molar-refractivity contribution in [2.75, 3.05) is 11.4 Å². The molecule has 0 N–H and O–H groups in total. The van der Waals surface area contributed by atoms with Crippen LogP contribution in [0.25, 0.3) is 0 Å². The van der Waals surface area contributed by atoms with Crippen LogP contribution in [-0.2, 0) is 13.0 Å². The summed E-state index contributed by atoms with van der Waals surface area (Å²) in [6, 6.07) is 1.76. The molecule has 0 atom stereocenters. The van der Waals surface area contributed by atoms with Gasteiger partial charge in [-0.15, -0.1) is 0 Å². The smallest absolute Gasteiger partial charge is 0.134 e. The fourth-order valence-electron chi connectivity index (χ4n) is 1.83. The first-order chi connectivity index (χ1) is 7.83. The first kappa shape index (κ1) is 9.59. The van der Waals surface area contributed by atoms with E-state index in [-0.39, 0.29) is 0 Å². The molecule has 0 saturated carbocycles. The van der Waals surface area contributed by atoms with E-state index < -0.39 is 0 Å². The summed E-state index contributed by atoms with van der Waals surface area (Å²) in [5.74, 6) is 0.840. The molecule has 2 aromatic rings. The van der Waals surface area contributed by atoms with Crippen LogP contribution in [0.2, 0.25) is 5.15 Å². The van der Waals surface area contributed by atoms with Crippen molar-refractivity contribution >= 4 is 17.4 Å². The van der Waals surface area contributed by atoms with Gasteiger partial charge in [0, 0.05) is 31.1 Å². The van der Waals surface area contributed by atoms with Gasteiger partial charge in [-0.3, -0.25) is 0 Å². The van der Waals surface area contributed by atoms with Crippen LogP contribution in [0.15, 0.2) is 23.2 Å². The maximum atomic E-state index is 5.83. The molecular formula is C10H9ClN4O. The van der Waals surface area contributed by atoms with Crippen molar-refractivity contribution in [1.82, 2.24) is 15.1 Å². The number of nitrogens with zero attached hydrogens (tertiary/aromatic N) is 4. The molecule has 0 amide bonds. The Balaban J connectivity index is 1.88. The largest absolute Gasteiger partial charge is 0.364 e. The Morgan fingerprint density at radius 1 is 1.38 bits per heavy atom. The molecular weight excluding hydrogens is 228 g/mol. The maximum absolute atomic E-state index is 5.83. The van der Waals surface area contributed by atoms with Crippen molar-refractivity contribution < 1.29 is 4.52 Å². The Hall–Kier alpha value is -1.62. The normalized spacial score (nSPS) is 14.9. The lowest BCUT2D eigenvalue weighted by molar-refractivity contribution is 0.412. The summed E-state index contributed by atoms with van der Waals surface area (Å²) in [6.07, 6.45) is 4.03. The SMILES string of the molecule is Clc1cc(N2CCc3nocc3C2)ncn1. The van der Waals surface area contributed by atoms with Crippen LogP contribution in [0.3, 0.4) is 0 Å². The molecule has 82 valence electrons. The van der Waals surface area contributed by atoms with Crippen molar-refractivity contribution in [3.8, 4) is 0 Å². The zero-order valence-corrected chi connectivity index (χ0v) is 9.18. The summed E-state index contributed by atoms with van der Waals surface area (Å²) in [6.45, 7) is 1.62. The van der Waals surface area contributed by atoms with Crippen LogP contribution in [0.4, 0.5) is 5.82 Å². The van der Waals surface area contributed by atoms with Gasteiger partial charge in [-0.25, -0.2) is 9.97 Å². The monoisotopic (exact) mass is 236 g/mol. The summed E-state index contributed by atoms with van der Waals surface area (Å²) in [5.41, 5.74) is 2.15. The van der Waals surface area contributed by atoms with Gasteiger partial charge < -0.3 is 9.42 Å². The second-order valence-electron chi connectivity index (χ2n) is 3.66. The molecule has 0 fully saturated rings. The van der Waals surface area contributed by atoms with E-state index in [1.807, 2.05) is 0 Å². The van der Waals surface area contributed by atoms with Gasteiger partial charge in [-0.05, 0) is 0 Å². The van der Waals surface area contributed by atoms with E-state index in [1.165, 1.54) is 6.33 Å². The highest BCUT2D eigenvalue weighted by Gasteiger charge is 2.20. The third-order valence-corrected chi connectivity index (χ3v) is 2.86. The van der Waals surface area contributed by atoms with Gasteiger partial charge in [0.05, 0.1) is 5.69 Å². The Morgan fingerprint density at radius 2 is 2.31 bits per heavy atom. The van der Waals surface area contributed by atoms with Crippen LogP contribution in [-0.4, -0.2) is 21.7 Å². The van der Waals surface area contributed by atoms with Crippen LogP contribution in [0.5, 0.6) is 0 Å². The average molecular weight is 237 g/mol. The van der Waals surface area contributed by atoms with Crippen LogP contribution >= 0.6 is 11.6 Å². The number of anilines is 1.